The molecule has 2 rings (SSSR count). The summed E-state index contributed by atoms with van der Waals surface area (Å²) in [5.41, 5.74) is 2.30. The first-order valence-corrected chi connectivity index (χ1v) is 6.34. The lowest BCUT2D eigenvalue weighted by Gasteiger charge is -2.13. The molecule has 7 nitrogen and oxygen atoms in total. The number of pyridine rings is 1. The summed E-state index contributed by atoms with van der Waals surface area (Å²) in [6.07, 6.45) is 3.63. The highest BCUT2D eigenvalue weighted by atomic mass is 15.3. The summed E-state index contributed by atoms with van der Waals surface area (Å²) in [6, 6.07) is 1.98. The van der Waals surface area contributed by atoms with Crippen LogP contribution in [0.15, 0.2) is 18.5 Å². The third-order valence-electron chi connectivity index (χ3n) is 2.83. The second-order valence-electron chi connectivity index (χ2n) is 4.58. The van der Waals surface area contributed by atoms with Crippen LogP contribution in [0.1, 0.15) is 11.1 Å². The first kappa shape index (κ1) is 14.0. The maximum Gasteiger partial charge on any atom is 0.231 e. The number of nitrogens with zero attached hydrogens (tertiary/aromatic N) is 5. The monoisotopic (exact) mass is 273 g/mol. The fourth-order valence-electron chi connectivity index (χ4n) is 1.61. The van der Waals surface area contributed by atoms with Crippen LogP contribution in [-0.4, -0.2) is 41.1 Å². The standard InChI is InChI=1S/C13H19N7/c1-9-5-6-15-7-10(9)8-16-12-17-11(14-2)18-13(19-12)20(3)4/h5-7H,8H2,1-4H3,(H2,14,16,17,18,19). The Labute approximate surface area is 118 Å². The summed E-state index contributed by atoms with van der Waals surface area (Å²) >= 11 is 0. The predicted octanol–water partition coefficient (Wildman–Crippen LogP) is 1.29. The second-order valence-corrected chi connectivity index (χ2v) is 4.58. The zero-order valence-corrected chi connectivity index (χ0v) is 12.2. The maximum absolute atomic E-state index is 4.36. The van der Waals surface area contributed by atoms with Crippen molar-refractivity contribution < 1.29 is 0 Å². The Bertz CT molecular complexity index is 583. The fraction of sp³-hybridized carbons (Fsp3) is 0.385. The molecule has 0 bridgehead atoms. The summed E-state index contributed by atoms with van der Waals surface area (Å²) in [7, 11) is 5.57. The maximum atomic E-state index is 4.36. The SMILES string of the molecule is CNc1nc(NCc2cnccc2C)nc(N(C)C)n1. The van der Waals surface area contributed by atoms with Crippen molar-refractivity contribution in [3.8, 4) is 0 Å². The van der Waals surface area contributed by atoms with Gasteiger partial charge in [0.1, 0.15) is 0 Å². The molecule has 0 aliphatic rings. The predicted molar refractivity (Wildman–Crippen MR) is 80.0 cm³/mol. The van der Waals surface area contributed by atoms with Gasteiger partial charge in [-0.15, -0.1) is 0 Å². The lowest BCUT2D eigenvalue weighted by atomic mass is 10.2. The van der Waals surface area contributed by atoms with E-state index in [0.717, 1.165) is 5.56 Å². The quantitative estimate of drug-likeness (QED) is 0.850. The van der Waals surface area contributed by atoms with E-state index in [9.17, 15) is 0 Å². The van der Waals surface area contributed by atoms with E-state index in [1.165, 1.54) is 5.56 Å². The molecule has 0 amide bonds. The van der Waals surface area contributed by atoms with Crippen molar-refractivity contribution in [1.29, 1.82) is 0 Å². The molecule has 20 heavy (non-hydrogen) atoms. The van der Waals surface area contributed by atoms with Crippen LogP contribution in [0.5, 0.6) is 0 Å². The molecule has 0 aliphatic heterocycles. The number of aryl methyl sites for hydroxylation is 1. The van der Waals surface area contributed by atoms with Crippen LogP contribution in [0.4, 0.5) is 17.8 Å². The molecule has 0 radical (unpaired) electrons. The summed E-state index contributed by atoms with van der Waals surface area (Å²) < 4.78 is 0. The molecule has 0 unspecified atom stereocenters. The van der Waals surface area contributed by atoms with E-state index in [-0.39, 0.29) is 0 Å². The molecule has 2 aromatic heterocycles. The zero-order valence-electron chi connectivity index (χ0n) is 12.2. The molecule has 0 saturated heterocycles. The zero-order chi connectivity index (χ0) is 14.5. The van der Waals surface area contributed by atoms with Crippen LogP contribution in [-0.2, 0) is 6.54 Å². The van der Waals surface area contributed by atoms with Gasteiger partial charge in [-0.2, -0.15) is 15.0 Å². The summed E-state index contributed by atoms with van der Waals surface area (Å²) in [6.45, 7) is 2.68. The number of hydrogen-bond donors (Lipinski definition) is 2. The smallest absolute Gasteiger partial charge is 0.231 e. The summed E-state index contributed by atoms with van der Waals surface area (Å²) in [4.78, 5) is 18.9. The van der Waals surface area contributed by atoms with Gasteiger partial charge in [-0.3, -0.25) is 4.98 Å². The van der Waals surface area contributed by atoms with E-state index in [1.807, 2.05) is 31.3 Å². The van der Waals surface area contributed by atoms with E-state index in [0.29, 0.717) is 24.4 Å². The number of rotatable bonds is 5. The van der Waals surface area contributed by atoms with Gasteiger partial charge in [0.25, 0.3) is 0 Å². The Morgan fingerprint density at radius 2 is 1.90 bits per heavy atom. The molecule has 7 heteroatoms. The molecule has 0 aliphatic carbocycles. The van der Waals surface area contributed by atoms with Crippen LogP contribution in [0, 0.1) is 6.92 Å². The number of hydrogen-bond acceptors (Lipinski definition) is 7. The highest BCUT2D eigenvalue weighted by molar-refractivity contribution is 5.43. The first-order valence-electron chi connectivity index (χ1n) is 6.34. The third-order valence-corrected chi connectivity index (χ3v) is 2.83. The molecule has 0 spiro atoms. The fourth-order valence-corrected chi connectivity index (χ4v) is 1.61. The van der Waals surface area contributed by atoms with Gasteiger partial charge in [0.05, 0.1) is 0 Å². The Balaban J connectivity index is 2.17. The summed E-state index contributed by atoms with van der Waals surface area (Å²) in [5, 5.41) is 6.13. The Morgan fingerprint density at radius 1 is 1.15 bits per heavy atom. The largest absolute Gasteiger partial charge is 0.357 e. The number of aromatic nitrogens is 4. The van der Waals surface area contributed by atoms with Gasteiger partial charge in [0, 0.05) is 40.1 Å². The van der Waals surface area contributed by atoms with Crippen LogP contribution in [0.25, 0.3) is 0 Å². The van der Waals surface area contributed by atoms with Crippen molar-refractivity contribution >= 4 is 17.8 Å². The third kappa shape index (κ3) is 3.31. The van der Waals surface area contributed by atoms with Crippen LogP contribution in [0.3, 0.4) is 0 Å². The topological polar surface area (TPSA) is 78.9 Å². The molecule has 2 heterocycles. The van der Waals surface area contributed by atoms with E-state index in [1.54, 1.807) is 13.2 Å². The van der Waals surface area contributed by atoms with Crippen LogP contribution < -0.4 is 15.5 Å². The lowest BCUT2D eigenvalue weighted by molar-refractivity contribution is 0.941. The van der Waals surface area contributed by atoms with Gasteiger partial charge in [0.2, 0.25) is 17.8 Å². The molecule has 2 aromatic rings. The Hall–Kier alpha value is -2.44. The minimum atomic E-state index is 0.536. The van der Waals surface area contributed by atoms with E-state index in [4.69, 9.17) is 0 Å². The second kappa shape index (κ2) is 6.14. The van der Waals surface area contributed by atoms with Crippen LogP contribution >= 0.6 is 0 Å². The molecule has 106 valence electrons. The van der Waals surface area contributed by atoms with Gasteiger partial charge in [-0.1, -0.05) is 0 Å². The van der Waals surface area contributed by atoms with Crippen molar-refractivity contribution in [3.05, 3.63) is 29.6 Å². The van der Waals surface area contributed by atoms with Crippen molar-refractivity contribution in [2.75, 3.05) is 36.7 Å². The normalized spacial score (nSPS) is 10.2. The lowest BCUT2D eigenvalue weighted by Crippen LogP contribution is -2.16. The van der Waals surface area contributed by atoms with E-state index in [2.05, 4.69) is 37.5 Å². The van der Waals surface area contributed by atoms with Crippen molar-refractivity contribution in [2.45, 2.75) is 13.5 Å². The summed E-state index contributed by atoms with van der Waals surface area (Å²) in [5.74, 6) is 1.68. The van der Waals surface area contributed by atoms with Gasteiger partial charge in [-0.05, 0) is 24.1 Å². The molecular formula is C13H19N7. The molecule has 0 atom stereocenters. The molecule has 0 saturated carbocycles. The minimum absolute atomic E-state index is 0.536. The van der Waals surface area contributed by atoms with Gasteiger partial charge in [0.15, 0.2) is 0 Å². The van der Waals surface area contributed by atoms with E-state index >= 15 is 0 Å². The first-order chi connectivity index (χ1) is 9.60. The van der Waals surface area contributed by atoms with Gasteiger partial charge < -0.3 is 15.5 Å². The molecule has 0 fully saturated rings. The van der Waals surface area contributed by atoms with E-state index < -0.39 is 0 Å². The molecule has 2 N–H and O–H groups in total. The minimum Gasteiger partial charge on any atom is -0.357 e. The van der Waals surface area contributed by atoms with Gasteiger partial charge >= 0.3 is 0 Å². The molecular weight excluding hydrogens is 254 g/mol. The van der Waals surface area contributed by atoms with Crippen molar-refractivity contribution in [2.24, 2.45) is 0 Å². The van der Waals surface area contributed by atoms with Crippen molar-refractivity contribution in [3.63, 3.8) is 0 Å². The Kier molecular flexibility index (Phi) is 4.29. The highest BCUT2D eigenvalue weighted by Crippen LogP contribution is 2.12. The van der Waals surface area contributed by atoms with Gasteiger partial charge in [-0.25, -0.2) is 0 Å². The average molecular weight is 273 g/mol. The molecule has 0 aromatic carbocycles. The average Bonchev–Trinajstić information content (AvgIpc) is 2.46. The van der Waals surface area contributed by atoms with Crippen LogP contribution in [0.2, 0.25) is 0 Å². The highest BCUT2D eigenvalue weighted by Gasteiger charge is 2.07. The number of nitrogens with one attached hydrogen (secondary N) is 2. The Morgan fingerprint density at radius 3 is 2.55 bits per heavy atom. The number of anilines is 3. The van der Waals surface area contributed by atoms with Crippen molar-refractivity contribution in [1.82, 2.24) is 19.9 Å².